The van der Waals surface area contributed by atoms with Crippen molar-refractivity contribution in [1.82, 2.24) is 5.32 Å². The molecule has 1 N–H and O–H groups in total. The number of amides is 2. The summed E-state index contributed by atoms with van der Waals surface area (Å²) >= 11 is 0. The number of fused-ring (bicyclic) bond motifs is 1. The molecule has 0 aliphatic carbocycles. The number of hydrogen-bond acceptors (Lipinski definition) is 4. The number of rotatable bonds is 4. The molecule has 5 heteroatoms. The first-order valence-corrected chi connectivity index (χ1v) is 8.07. The number of nitrogens with one attached hydrogen (secondary N) is 1. The monoisotopic (exact) mass is 322 g/mol. The third kappa shape index (κ3) is 2.73. The number of hydrogen-bond donors (Lipinski definition) is 1. The van der Waals surface area contributed by atoms with Gasteiger partial charge in [-0.1, -0.05) is 30.3 Å². The molecule has 2 aromatic carbocycles. The Labute approximate surface area is 140 Å². The maximum Gasteiger partial charge on any atom is 0.232 e. The van der Waals surface area contributed by atoms with Gasteiger partial charge >= 0.3 is 0 Å². The lowest BCUT2D eigenvalue weighted by atomic mass is 10.00. The highest BCUT2D eigenvalue weighted by Gasteiger charge is 2.47. The number of nitrogens with zero attached hydrogens (tertiary/aromatic N) is 1. The highest BCUT2D eigenvalue weighted by molar-refractivity contribution is 6.06. The molecule has 0 aromatic heterocycles. The molecule has 2 atom stereocenters. The largest absolute Gasteiger partial charge is 0.489 e. The highest BCUT2D eigenvalue weighted by Crippen LogP contribution is 2.32. The first kappa shape index (κ1) is 14.8. The van der Waals surface area contributed by atoms with Gasteiger partial charge in [-0.25, -0.2) is 0 Å². The minimum Gasteiger partial charge on any atom is -0.489 e. The summed E-state index contributed by atoms with van der Waals surface area (Å²) in [6.07, 6.45) is 0. The lowest BCUT2D eigenvalue weighted by Crippen LogP contribution is -2.31. The van der Waals surface area contributed by atoms with E-state index in [2.05, 4.69) is 10.2 Å². The Morgan fingerprint density at radius 3 is 2.17 bits per heavy atom. The summed E-state index contributed by atoms with van der Waals surface area (Å²) < 4.78 is 5.78. The molecule has 2 fully saturated rings. The molecule has 2 aromatic rings. The summed E-state index contributed by atoms with van der Waals surface area (Å²) in [6, 6.07) is 17.8. The van der Waals surface area contributed by atoms with Crippen molar-refractivity contribution in [2.75, 3.05) is 18.0 Å². The first-order valence-electron chi connectivity index (χ1n) is 8.07. The molecule has 0 bridgehead atoms. The Kier molecular flexibility index (Phi) is 3.69. The van der Waals surface area contributed by atoms with Gasteiger partial charge in [0.15, 0.2) is 0 Å². The molecule has 0 saturated carbocycles. The Morgan fingerprint density at radius 2 is 1.54 bits per heavy atom. The predicted octanol–water partition coefficient (Wildman–Crippen LogP) is 1.97. The topological polar surface area (TPSA) is 58.6 Å². The Balaban J connectivity index is 1.40. The van der Waals surface area contributed by atoms with Crippen LogP contribution in [-0.4, -0.2) is 24.9 Å². The van der Waals surface area contributed by atoms with Crippen LogP contribution in [0.2, 0.25) is 0 Å². The SMILES string of the molecule is O=C1NC(=O)[C@@H]2CN(c3ccc(OCc4ccccc4)cc3)C[C@H]12. The molecule has 2 aliphatic rings. The van der Waals surface area contributed by atoms with Gasteiger partial charge in [0, 0.05) is 18.8 Å². The Bertz CT molecular complexity index is 736. The van der Waals surface area contributed by atoms with Crippen LogP contribution in [0.3, 0.4) is 0 Å². The first-order chi connectivity index (χ1) is 11.7. The molecular formula is C19H18N2O3. The fourth-order valence-electron chi connectivity index (χ4n) is 3.35. The van der Waals surface area contributed by atoms with Crippen LogP contribution in [0.4, 0.5) is 5.69 Å². The van der Waals surface area contributed by atoms with E-state index in [-0.39, 0.29) is 23.7 Å². The second kappa shape index (κ2) is 6.00. The van der Waals surface area contributed by atoms with Gasteiger partial charge in [0.2, 0.25) is 11.8 Å². The van der Waals surface area contributed by atoms with E-state index < -0.39 is 0 Å². The third-order valence-electron chi connectivity index (χ3n) is 4.69. The normalized spacial score (nSPS) is 22.4. The minimum absolute atomic E-state index is 0.143. The average molecular weight is 322 g/mol. The van der Waals surface area contributed by atoms with Crippen LogP contribution in [0.5, 0.6) is 5.75 Å². The lowest BCUT2D eigenvalue weighted by Gasteiger charge is -2.19. The highest BCUT2D eigenvalue weighted by atomic mass is 16.5. The molecule has 0 unspecified atom stereocenters. The zero-order chi connectivity index (χ0) is 16.5. The molecule has 5 nitrogen and oxygen atoms in total. The van der Waals surface area contributed by atoms with Gasteiger partial charge in [0.25, 0.3) is 0 Å². The zero-order valence-corrected chi connectivity index (χ0v) is 13.1. The number of imide groups is 1. The maximum absolute atomic E-state index is 11.7. The van der Waals surface area contributed by atoms with Gasteiger partial charge in [-0.3, -0.25) is 14.9 Å². The quantitative estimate of drug-likeness (QED) is 0.875. The summed E-state index contributed by atoms with van der Waals surface area (Å²) in [6.45, 7) is 1.71. The molecule has 2 amide bonds. The van der Waals surface area contributed by atoms with Gasteiger partial charge < -0.3 is 9.64 Å². The van der Waals surface area contributed by atoms with Crippen molar-refractivity contribution < 1.29 is 14.3 Å². The summed E-state index contributed by atoms with van der Waals surface area (Å²) in [5.41, 5.74) is 2.13. The van der Waals surface area contributed by atoms with E-state index in [1.165, 1.54) is 0 Å². The van der Waals surface area contributed by atoms with E-state index in [9.17, 15) is 9.59 Å². The average Bonchev–Trinajstić information content (AvgIpc) is 3.16. The minimum atomic E-state index is -0.216. The van der Waals surface area contributed by atoms with Crippen LogP contribution in [0.15, 0.2) is 54.6 Å². The molecule has 2 heterocycles. The zero-order valence-electron chi connectivity index (χ0n) is 13.1. The molecule has 122 valence electrons. The van der Waals surface area contributed by atoms with E-state index in [0.717, 1.165) is 17.0 Å². The molecule has 2 aliphatic heterocycles. The summed E-state index contributed by atoms with van der Waals surface area (Å²) in [5.74, 6) is 0.0828. The van der Waals surface area contributed by atoms with Gasteiger partial charge in [0.05, 0.1) is 11.8 Å². The second-order valence-corrected chi connectivity index (χ2v) is 6.24. The van der Waals surface area contributed by atoms with E-state index in [4.69, 9.17) is 4.74 Å². The van der Waals surface area contributed by atoms with Crippen molar-refractivity contribution in [3.8, 4) is 5.75 Å². The summed E-state index contributed by atoms with van der Waals surface area (Å²) in [4.78, 5) is 25.6. The van der Waals surface area contributed by atoms with Crippen LogP contribution in [0.25, 0.3) is 0 Å². The molecular weight excluding hydrogens is 304 g/mol. The number of benzene rings is 2. The van der Waals surface area contributed by atoms with Gasteiger partial charge in [-0.2, -0.15) is 0 Å². The number of carbonyl (C=O) groups is 2. The van der Waals surface area contributed by atoms with Gasteiger partial charge in [-0.05, 0) is 29.8 Å². The van der Waals surface area contributed by atoms with E-state index in [0.29, 0.717) is 19.7 Å². The number of anilines is 1. The van der Waals surface area contributed by atoms with Gasteiger partial charge in [0.1, 0.15) is 12.4 Å². The van der Waals surface area contributed by atoms with Crippen molar-refractivity contribution in [2.45, 2.75) is 6.61 Å². The van der Waals surface area contributed by atoms with E-state index in [1.807, 2.05) is 54.6 Å². The van der Waals surface area contributed by atoms with Crippen molar-refractivity contribution in [3.05, 3.63) is 60.2 Å². The molecule has 24 heavy (non-hydrogen) atoms. The molecule has 4 rings (SSSR count). The molecule has 0 radical (unpaired) electrons. The number of carbonyl (C=O) groups excluding carboxylic acids is 2. The van der Waals surface area contributed by atoms with Crippen molar-refractivity contribution in [3.63, 3.8) is 0 Å². The van der Waals surface area contributed by atoms with Crippen molar-refractivity contribution in [2.24, 2.45) is 11.8 Å². The van der Waals surface area contributed by atoms with E-state index >= 15 is 0 Å². The smallest absolute Gasteiger partial charge is 0.232 e. The lowest BCUT2D eigenvalue weighted by molar-refractivity contribution is -0.126. The number of ether oxygens (including phenoxy) is 1. The standard InChI is InChI=1S/C19H18N2O3/c22-18-16-10-21(11-17(16)19(23)20-18)14-6-8-15(9-7-14)24-12-13-4-2-1-3-5-13/h1-9,16-17H,10-12H2,(H,20,22,23)/t16-,17+. The fourth-order valence-corrected chi connectivity index (χ4v) is 3.35. The van der Waals surface area contributed by atoms with Crippen LogP contribution in [0.1, 0.15) is 5.56 Å². The van der Waals surface area contributed by atoms with Gasteiger partial charge in [-0.15, -0.1) is 0 Å². The van der Waals surface area contributed by atoms with Crippen LogP contribution in [0, 0.1) is 11.8 Å². The third-order valence-corrected chi connectivity index (χ3v) is 4.69. The Morgan fingerprint density at radius 1 is 0.917 bits per heavy atom. The summed E-state index contributed by atoms with van der Waals surface area (Å²) in [5, 5.41) is 2.41. The maximum atomic E-state index is 11.7. The van der Waals surface area contributed by atoms with Crippen molar-refractivity contribution >= 4 is 17.5 Å². The second-order valence-electron chi connectivity index (χ2n) is 6.24. The Hall–Kier alpha value is -2.82. The van der Waals surface area contributed by atoms with Crippen LogP contribution in [-0.2, 0) is 16.2 Å². The van der Waals surface area contributed by atoms with Crippen LogP contribution < -0.4 is 15.0 Å². The van der Waals surface area contributed by atoms with Crippen LogP contribution >= 0.6 is 0 Å². The van der Waals surface area contributed by atoms with E-state index in [1.54, 1.807) is 0 Å². The fraction of sp³-hybridized carbons (Fsp3) is 0.263. The predicted molar refractivity (Wildman–Crippen MR) is 89.6 cm³/mol. The summed E-state index contributed by atoms with van der Waals surface area (Å²) in [7, 11) is 0. The van der Waals surface area contributed by atoms with Crippen molar-refractivity contribution in [1.29, 1.82) is 0 Å². The molecule has 0 spiro atoms. The molecule has 2 saturated heterocycles.